The third kappa shape index (κ3) is 1.86. The standard InChI is InChI=1S/C10H8F2N2O2/c11-6-1-2-8(7(12)5-6)14-4-3-9(15)13-10(14)16/h1-2,5H,3-4H2,(H,13,15,16). The molecule has 4 nitrogen and oxygen atoms in total. The molecule has 1 aromatic rings. The topological polar surface area (TPSA) is 49.4 Å². The van der Waals surface area contributed by atoms with Crippen LogP contribution in [0.25, 0.3) is 0 Å². The highest BCUT2D eigenvalue weighted by atomic mass is 19.1. The number of urea groups is 1. The summed E-state index contributed by atoms with van der Waals surface area (Å²) >= 11 is 0. The third-order valence-electron chi connectivity index (χ3n) is 2.25. The molecule has 1 heterocycles. The predicted molar refractivity (Wildman–Crippen MR) is 51.9 cm³/mol. The van der Waals surface area contributed by atoms with Crippen molar-refractivity contribution in [1.29, 1.82) is 0 Å². The zero-order valence-corrected chi connectivity index (χ0v) is 8.17. The monoisotopic (exact) mass is 226 g/mol. The molecule has 1 aromatic carbocycles. The molecular formula is C10H8F2N2O2. The van der Waals surface area contributed by atoms with Crippen molar-refractivity contribution in [2.75, 3.05) is 11.4 Å². The summed E-state index contributed by atoms with van der Waals surface area (Å²) in [7, 11) is 0. The number of anilines is 1. The van der Waals surface area contributed by atoms with Crippen molar-refractivity contribution < 1.29 is 18.4 Å². The first kappa shape index (κ1) is 10.5. The van der Waals surface area contributed by atoms with Gasteiger partial charge in [0, 0.05) is 19.0 Å². The van der Waals surface area contributed by atoms with Gasteiger partial charge in [-0.05, 0) is 12.1 Å². The van der Waals surface area contributed by atoms with Crippen LogP contribution in [0.2, 0.25) is 0 Å². The van der Waals surface area contributed by atoms with Crippen molar-refractivity contribution in [2.24, 2.45) is 0 Å². The lowest BCUT2D eigenvalue weighted by molar-refractivity contribution is -0.120. The molecular weight excluding hydrogens is 218 g/mol. The van der Waals surface area contributed by atoms with Gasteiger partial charge in [-0.3, -0.25) is 15.0 Å². The Kier molecular flexibility index (Phi) is 2.55. The minimum Gasteiger partial charge on any atom is -0.291 e. The minimum atomic E-state index is -0.829. The Hall–Kier alpha value is -1.98. The SMILES string of the molecule is O=C1CCN(c2ccc(F)cc2F)C(=O)N1. The summed E-state index contributed by atoms with van der Waals surface area (Å²) in [5.41, 5.74) is -0.0357. The fourth-order valence-corrected chi connectivity index (χ4v) is 1.49. The van der Waals surface area contributed by atoms with Crippen LogP contribution in [0.5, 0.6) is 0 Å². The van der Waals surface area contributed by atoms with Crippen LogP contribution in [0, 0.1) is 11.6 Å². The molecule has 0 saturated carbocycles. The van der Waals surface area contributed by atoms with E-state index in [-0.39, 0.29) is 18.7 Å². The number of nitrogens with one attached hydrogen (secondary N) is 1. The first-order chi connectivity index (χ1) is 7.58. The van der Waals surface area contributed by atoms with E-state index in [1.54, 1.807) is 0 Å². The Morgan fingerprint density at radius 1 is 1.25 bits per heavy atom. The number of halogens is 2. The van der Waals surface area contributed by atoms with Crippen molar-refractivity contribution in [3.05, 3.63) is 29.8 Å². The zero-order valence-electron chi connectivity index (χ0n) is 8.17. The lowest BCUT2D eigenvalue weighted by Gasteiger charge is -2.26. The first-order valence-corrected chi connectivity index (χ1v) is 4.64. The van der Waals surface area contributed by atoms with Gasteiger partial charge in [-0.15, -0.1) is 0 Å². The molecule has 0 aliphatic carbocycles. The van der Waals surface area contributed by atoms with Crippen molar-refractivity contribution in [1.82, 2.24) is 5.32 Å². The molecule has 2 rings (SSSR count). The van der Waals surface area contributed by atoms with E-state index in [0.717, 1.165) is 11.0 Å². The summed E-state index contributed by atoms with van der Waals surface area (Å²) < 4.78 is 26.0. The second kappa shape index (κ2) is 3.88. The van der Waals surface area contributed by atoms with Gasteiger partial charge in [0.25, 0.3) is 0 Å². The summed E-state index contributed by atoms with van der Waals surface area (Å²) in [5, 5.41) is 2.06. The van der Waals surface area contributed by atoms with Crippen LogP contribution >= 0.6 is 0 Å². The summed E-state index contributed by atoms with van der Waals surface area (Å²) in [6.07, 6.45) is 0.0998. The fraction of sp³-hybridized carbons (Fsp3) is 0.200. The van der Waals surface area contributed by atoms with Crippen molar-refractivity contribution in [2.45, 2.75) is 6.42 Å². The Labute approximate surface area is 89.8 Å². The van der Waals surface area contributed by atoms with E-state index < -0.39 is 23.6 Å². The first-order valence-electron chi connectivity index (χ1n) is 4.64. The van der Waals surface area contributed by atoms with Crippen molar-refractivity contribution >= 4 is 17.6 Å². The average Bonchev–Trinajstić information content (AvgIpc) is 2.19. The number of rotatable bonds is 1. The van der Waals surface area contributed by atoms with E-state index >= 15 is 0 Å². The second-order valence-electron chi connectivity index (χ2n) is 3.35. The summed E-state index contributed by atoms with van der Waals surface area (Å²) in [6, 6.07) is 2.23. The summed E-state index contributed by atoms with van der Waals surface area (Å²) in [4.78, 5) is 23.3. The molecule has 1 aliphatic heterocycles. The highest BCUT2D eigenvalue weighted by molar-refractivity contribution is 6.05. The number of carbonyl (C=O) groups is 2. The fourth-order valence-electron chi connectivity index (χ4n) is 1.49. The Bertz CT molecular complexity index is 462. The number of carbonyl (C=O) groups excluding carboxylic acids is 2. The van der Waals surface area contributed by atoms with Crippen molar-refractivity contribution in [3.8, 4) is 0 Å². The van der Waals surface area contributed by atoms with Crippen LogP contribution in [0.1, 0.15) is 6.42 Å². The Morgan fingerprint density at radius 2 is 2.00 bits per heavy atom. The molecule has 1 N–H and O–H groups in total. The van der Waals surface area contributed by atoms with Gasteiger partial charge >= 0.3 is 6.03 Å². The zero-order chi connectivity index (χ0) is 11.7. The number of hydrogen-bond donors (Lipinski definition) is 1. The maximum atomic E-state index is 13.4. The smallest absolute Gasteiger partial charge is 0.291 e. The van der Waals surface area contributed by atoms with E-state index in [2.05, 4.69) is 5.32 Å². The van der Waals surface area contributed by atoms with Gasteiger partial charge < -0.3 is 0 Å². The molecule has 6 heteroatoms. The molecule has 0 radical (unpaired) electrons. The predicted octanol–water partition coefficient (Wildman–Crippen LogP) is 1.41. The molecule has 1 fully saturated rings. The lowest BCUT2D eigenvalue weighted by Crippen LogP contribution is -2.49. The molecule has 0 atom stereocenters. The molecule has 1 saturated heterocycles. The van der Waals surface area contributed by atoms with Crippen LogP contribution in [0.15, 0.2) is 18.2 Å². The highest BCUT2D eigenvalue weighted by Gasteiger charge is 2.26. The molecule has 0 spiro atoms. The molecule has 0 unspecified atom stereocenters. The van der Waals surface area contributed by atoms with Crippen LogP contribution in [0.3, 0.4) is 0 Å². The third-order valence-corrected chi connectivity index (χ3v) is 2.25. The number of imide groups is 1. The molecule has 16 heavy (non-hydrogen) atoms. The molecule has 0 aromatic heterocycles. The van der Waals surface area contributed by atoms with Crippen LogP contribution in [-0.2, 0) is 4.79 Å². The molecule has 1 aliphatic rings. The largest absolute Gasteiger partial charge is 0.328 e. The number of nitrogens with zero attached hydrogens (tertiary/aromatic N) is 1. The van der Waals surface area contributed by atoms with Gasteiger partial charge in [0.1, 0.15) is 11.6 Å². The maximum Gasteiger partial charge on any atom is 0.328 e. The molecule has 3 amide bonds. The van der Waals surface area contributed by atoms with Gasteiger partial charge in [-0.1, -0.05) is 0 Å². The van der Waals surface area contributed by atoms with E-state index in [1.165, 1.54) is 6.07 Å². The average molecular weight is 226 g/mol. The van der Waals surface area contributed by atoms with Crippen LogP contribution < -0.4 is 10.2 Å². The van der Waals surface area contributed by atoms with Gasteiger partial charge in [0.05, 0.1) is 5.69 Å². The Morgan fingerprint density at radius 3 is 2.62 bits per heavy atom. The second-order valence-corrected chi connectivity index (χ2v) is 3.35. The van der Waals surface area contributed by atoms with E-state index in [4.69, 9.17) is 0 Å². The lowest BCUT2D eigenvalue weighted by atomic mass is 10.2. The number of hydrogen-bond acceptors (Lipinski definition) is 2. The van der Waals surface area contributed by atoms with Crippen LogP contribution in [0.4, 0.5) is 19.3 Å². The maximum absolute atomic E-state index is 13.4. The van der Waals surface area contributed by atoms with Gasteiger partial charge in [0.15, 0.2) is 0 Å². The van der Waals surface area contributed by atoms with Gasteiger partial charge in [0.2, 0.25) is 5.91 Å². The van der Waals surface area contributed by atoms with Crippen LogP contribution in [-0.4, -0.2) is 18.5 Å². The minimum absolute atomic E-state index is 0.0357. The van der Waals surface area contributed by atoms with Crippen molar-refractivity contribution in [3.63, 3.8) is 0 Å². The number of benzene rings is 1. The van der Waals surface area contributed by atoms with Gasteiger partial charge in [-0.25, -0.2) is 13.6 Å². The summed E-state index contributed by atoms with van der Waals surface area (Å²) in [5.74, 6) is -1.94. The van der Waals surface area contributed by atoms with E-state index in [1.807, 2.05) is 0 Å². The summed E-state index contributed by atoms with van der Waals surface area (Å²) in [6.45, 7) is 0.0905. The molecule has 84 valence electrons. The quantitative estimate of drug-likeness (QED) is 0.787. The highest BCUT2D eigenvalue weighted by Crippen LogP contribution is 2.21. The molecule has 0 bridgehead atoms. The normalized spacial score (nSPS) is 16.2. The Balaban J connectivity index is 2.30. The van der Waals surface area contributed by atoms with Gasteiger partial charge in [-0.2, -0.15) is 0 Å². The van der Waals surface area contributed by atoms with E-state index in [9.17, 15) is 18.4 Å². The van der Waals surface area contributed by atoms with E-state index in [0.29, 0.717) is 6.07 Å². The number of amides is 3.